The zero-order valence-corrected chi connectivity index (χ0v) is 17.4. The predicted molar refractivity (Wildman–Crippen MR) is 113 cm³/mol. The van der Waals surface area contributed by atoms with Crippen molar-refractivity contribution in [2.24, 2.45) is 0 Å². The van der Waals surface area contributed by atoms with Crippen molar-refractivity contribution in [3.63, 3.8) is 0 Å². The largest absolute Gasteiger partial charge is 0.497 e. The van der Waals surface area contributed by atoms with Gasteiger partial charge in [0, 0.05) is 17.1 Å². The lowest BCUT2D eigenvalue weighted by Crippen LogP contribution is -2.32. The Hall–Kier alpha value is -2.10. The first-order valence-corrected chi connectivity index (χ1v) is 10.9. The van der Waals surface area contributed by atoms with Crippen LogP contribution in [0.2, 0.25) is 0 Å². The number of anilines is 2. The number of ether oxygens (including phenoxy) is 1. The molecule has 1 unspecified atom stereocenters. The first-order chi connectivity index (χ1) is 13.1. The first-order valence-electron chi connectivity index (χ1n) is 8.35. The van der Waals surface area contributed by atoms with Crippen LogP contribution in [0.3, 0.4) is 0 Å². The monoisotopic (exact) mass is 420 g/mol. The Morgan fingerprint density at radius 1 is 1.26 bits per heavy atom. The van der Waals surface area contributed by atoms with Crippen LogP contribution in [0, 0.1) is 0 Å². The van der Waals surface area contributed by atoms with Crippen molar-refractivity contribution in [2.45, 2.75) is 22.9 Å². The highest BCUT2D eigenvalue weighted by molar-refractivity contribution is 8.02. The van der Waals surface area contributed by atoms with Crippen molar-refractivity contribution in [3.8, 4) is 5.75 Å². The SMILES string of the molecule is COc1ccc(Nc2nnc(SC(C)C(=O)NCCc3cccs3)s2)cc1. The molecule has 3 aromatic rings. The van der Waals surface area contributed by atoms with Gasteiger partial charge in [0.15, 0.2) is 4.34 Å². The molecule has 0 radical (unpaired) electrons. The number of carbonyl (C=O) groups is 1. The van der Waals surface area contributed by atoms with Gasteiger partial charge in [-0.15, -0.1) is 21.5 Å². The van der Waals surface area contributed by atoms with E-state index < -0.39 is 0 Å². The molecule has 1 aromatic carbocycles. The van der Waals surface area contributed by atoms with E-state index in [2.05, 4.69) is 26.9 Å². The number of hydrogen-bond donors (Lipinski definition) is 2. The van der Waals surface area contributed by atoms with Crippen LogP contribution in [0.1, 0.15) is 11.8 Å². The number of benzene rings is 1. The lowest BCUT2D eigenvalue weighted by Gasteiger charge is -2.09. The molecule has 142 valence electrons. The summed E-state index contributed by atoms with van der Waals surface area (Å²) in [5, 5.41) is 17.0. The van der Waals surface area contributed by atoms with Crippen LogP contribution in [-0.2, 0) is 11.2 Å². The molecule has 0 spiro atoms. The van der Waals surface area contributed by atoms with Crippen LogP contribution in [0.15, 0.2) is 46.1 Å². The Morgan fingerprint density at radius 2 is 2.07 bits per heavy atom. The van der Waals surface area contributed by atoms with Gasteiger partial charge < -0.3 is 15.4 Å². The summed E-state index contributed by atoms with van der Waals surface area (Å²) >= 11 is 4.54. The summed E-state index contributed by atoms with van der Waals surface area (Å²) in [5.74, 6) is 0.810. The minimum absolute atomic E-state index is 0.0106. The molecule has 2 heterocycles. The topological polar surface area (TPSA) is 76.1 Å². The second-order valence-corrected chi connectivity index (χ2v) is 9.20. The van der Waals surface area contributed by atoms with Gasteiger partial charge in [-0.05, 0) is 49.1 Å². The summed E-state index contributed by atoms with van der Waals surface area (Å²) in [7, 11) is 1.64. The fourth-order valence-electron chi connectivity index (χ4n) is 2.22. The average Bonchev–Trinajstić information content (AvgIpc) is 3.34. The van der Waals surface area contributed by atoms with Crippen molar-refractivity contribution in [1.29, 1.82) is 0 Å². The number of carbonyl (C=O) groups excluding carboxylic acids is 1. The highest BCUT2D eigenvalue weighted by Crippen LogP contribution is 2.30. The number of nitrogens with one attached hydrogen (secondary N) is 2. The highest BCUT2D eigenvalue weighted by Gasteiger charge is 2.17. The maximum atomic E-state index is 12.2. The van der Waals surface area contributed by atoms with Gasteiger partial charge in [0.2, 0.25) is 11.0 Å². The maximum absolute atomic E-state index is 12.2. The maximum Gasteiger partial charge on any atom is 0.233 e. The predicted octanol–water partition coefficient (Wildman–Crippen LogP) is 4.19. The molecule has 0 aliphatic heterocycles. The molecular weight excluding hydrogens is 400 g/mol. The van der Waals surface area contributed by atoms with Crippen LogP contribution < -0.4 is 15.4 Å². The van der Waals surface area contributed by atoms with E-state index in [0.29, 0.717) is 11.7 Å². The molecule has 0 saturated carbocycles. The molecular formula is C18H20N4O2S3. The molecule has 0 fully saturated rings. The number of methoxy groups -OCH3 is 1. The number of nitrogens with zero attached hydrogens (tertiary/aromatic N) is 2. The number of thioether (sulfide) groups is 1. The van der Waals surface area contributed by atoms with E-state index in [-0.39, 0.29) is 11.2 Å². The number of rotatable bonds is 9. The van der Waals surface area contributed by atoms with Gasteiger partial charge in [0.1, 0.15) is 5.75 Å². The van der Waals surface area contributed by atoms with Crippen LogP contribution in [0.25, 0.3) is 0 Å². The van der Waals surface area contributed by atoms with Crippen LogP contribution in [0.4, 0.5) is 10.8 Å². The number of hydrogen-bond acceptors (Lipinski definition) is 8. The van der Waals surface area contributed by atoms with Gasteiger partial charge in [-0.1, -0.05) is 29.2 Å². The molecule has 2 aromatic heterocycles. The smallest absolute Gasteiger partial charge is 0.233 e. The molecule has 0 aliphatic rings. The quantitative estimate of drug-likeness (QED) is 0.506. The van der Waals surface area contributed by atoms with E-state index in [1.54, 1.807) is 18.4 Å². The first kappa shape index (κ1) is 19.7. The molecule has 2 N–H and O–H groups in total. The van der Waals surface area contributed by atoms with E-state index in [9.17, 15) is 4.79 Å². The van der Waals surface area contributed by atoms with Gasteiger partial charge in [-0.2, -0.15) is 0 Å². The summed E-state index contributed by atoms with van der Waals surface area (Å²) in [5.41, 5.74) is 0.905. The van der Waals surface area contributed by atoms with Crippen LogP contribution >= 0.6 is 34.4 Å². The summed E-state index contributed by atoms with van der Waals surface area (Å²) in [6.07, 6.45) is 0.857. The summed E-state index contributed by atoms with van der Waals surface area (Å²) in [6.45, 7) is 2.52. The van der Waals surface area contributed by atoms with E-state index in [4.69, 9.17) is 4.74 Å². The standard InChI is InChI=1S/C18H20N4O2S3/c1-12(16(23)19-10-9-15-4-3-11-25-15)26-18-22-21-17(27-18)20-13-5-7-14(24-2)8-6-13/h3-8,11-12H,9-10H2,1-2H3,(H,19,23)(H,20,21). The van der Waals surface area contributed by atoms with E-state index in [1.165, 1.54) is 28.0 Å². The number of thiophene rings is 1. The zero-order valence-electron chi connectivity index (χ0n) is 15.0. The Morgan fingerprint density at radius 3 is 2.78 bits per heavy atom. The van der Waals surface area contributed by atoms with Gasteiger partial charge in [0.05, 0.1) is 12.4 Å². The molecule has 3 rings (SSSR count). The fraction of sp³-hybridized carbons (Fsp3) is 0.278. The third-order valence-electron chi connectivity index (χ3n) is 3.65. The Bertz CT molecular complexity index is 850. The van der Waals surface area contributed by atoms with Gasteiger partial charge in [-0.25, -0.2) is 0 Å². The number of amides is 1. The minimum Gasteiger partial charge on any atom is -0.497 e. The Balaban J connectivity index is 1.46. The molecule has 1 atom stereocenters. The lowest BCUT2D eigenvalue weighted by molar-refractivity contribution is -0.120. The summed E-state index contributed by atoms with van der Waals surface area (Å²) in [6, 6.07) is 11.7. The molecule has 1 amide bonds. The Labute approximate surface area is 170 Å². The summed E-state index contributed by atoms with van der Waals surface area (Å²) < 4.78 is 5.90. The third-order valence-corrected chi connectivity index (χ3v) is 6.60. The molecule has 0 aliphatic carbocycles. The third kappa shape index (κ3) is 5.95. The minimum atomic E-state index is -0.227. The molecule has 0 saturated heterocycles. The second kappa shape index (κ2) is 9.72. The second-order valence-electron chi connectivity index (χ2n) is 5.61. The zero-order chi connectivity index (χ0) is 19.1. The van der Waals surface area contributed by atoms with Crippen molar-refractivity contribution in [3.05, 3.63) is 46.7 Å². The van der Waals surface area contributed by atoms with Crippen molar-refractivity contribution in [1.82, 2.24) is 15.5 Å². The van der Waals surface area contributed by atoms with Crippen molar-refractivity contribution in [2.75, 3.05) is 19.0 Å². The van der Waals surface area contributed by atoms with Gasteiger partial charge >= 0.3 is 0 Å². The number of aromatic nitrogens is 2. The van der Waals surface area contributed by atoms with Gasteiger partial charge in [0.25, 0.3) is 0 Å². The normalized spacial score (nSPS) is 11.8. The Kier molecular flexibility index (Phi) is 7.08. The lowest BCUT2D eigenvalue weighted by atomic mass is 10.3. The van der Waals surface area contributed by atoms with Gasteiger partial charge in [-0.3, -0.25) is 4.79 Å². The van der Waals surface area contributed by atoms with Crippen molar-refractivity contribution < 1.29 is 9.53 Å². The molecule has 6 nitrogen and oxygen atoms in total. The van der Waals surface area contributed by atoms with E-state index in [1.807, 2.05) is 42.6 Å². The van der Waals surface area contributed by atoms with Crippen molar-refractivity contribution >= 4 is 51.2 Å². The van der Waals surface area contributed by atoms with Crippen LogP contribution in [-0.4, -0.2) is 35.0 Å². The average molecular weight is 421 g/mol. The highest BCUT2D eigenvalue weighted by atomic mass is 32.2. The molecule has 0 bridgehead atoms. The van der Waals surface area contributed by atoms with E-state index >= 15 is 0 Å². The summed E-state index contributed by atoms with van der Waals surface area (Å²) in [4.78, 5) is 13.5. The molecule has 9 heteroatoms. The fourth-order valence-corrected chi connectivity index (χ4v) is 4.87. The molecule has 27 heavy (non-hydrogen) atoms. The van der Waals surface area contributed by atoms with E-state index in [0.717, 1.165) is 22.2 Å². The van der Waals surface area contributed by atoms with Crippen LogP contribution in [0.5, 0.6) is 5.75 Å².